The number of aryl methyl sites for hydroxylation is 2. The monoisotopic (exact) mass is 381 g/mol. The zero-order chi connectivity index (χ0) is 19.8. The van der Waals surface area contributed by atoms with E-state index in [0.717, 1.165) is 44.0 Å². The van der Waals surface area contributed by atoms with Crippen molar-refractivity contribution in [1.82, 2.24) is 14.4 Å². The first-order valence-electron chi connectivity index (χ1n) is 9.76. The van der Waals surface area contributed by atoms with Gasteiger partial charge >= 0.3 is 0 Å². The fourth-order valence-electron chi connectivity index (χ4n) is 4.09. The predicted octanol–water partition coefficient (Wildman–Crippen LogP) is 2.20. The maximum absolute atomic E-state index is 13.4. The minimum absolute atomic E-state index is 0.0124. The van der Waals surface area contributed by atoms with Crippen molar-refractivity contribution in [3.05, 3.63) is 41.7 Å². The number of rotatable bonds is 3. The molecule has 3 heterocycles. The van der Waals surface area contributed by atoms with E-state index in [1.807, 2.05) is 44.4 Å². The molecule has 28 heavy (non-hydrogen) atoms. The Labute approximate surface area is 165 Å². The highest BCUT2D eigenvalue weighted by molar-refractivity contribution is 6.17. The van der Waals surface area contributed by atoms with Gasteiger partial charge in [-0.05, 0) is 31.7 Å². The molecule has 0 spiro atoms. The summed E-state index contributed by atoms with van der Waals surface area (Å²) in [5.74, 6) is -0.175. The van der Waals surface area contributed by atoms with Gasteiger partial charge in [0.15, 0.2) is 0 Å². The maximum Gasteiger partial charge on any atom is 0.274 e. The fraction of sp³-hybridized carbons (Fsp3) is 0.429. The molecule has 1 saturated heterocycles. The summed E-state index contributed by atoms with van der Waals surface area (Å²) in [6.07, 6.45) is 2.32. The molecule has 7 heteroatoms. The van der Waals surface area contributed by atoms with Crippen molar-refractivity contribution in [2.75, 3.05) is 50.0 Å². The zero-order valence-electron chi connectivity index (χ0n) is 16.7. The van der Waals surface area contributed by atoms with Crippen LogP contribution < -0.4 is 10.2 Å². The molecule has 2 aromatic rings. The lowest BCUT2D eigenvalue weighted by atomic mass is 10.1. The van der Waals surface area contributed by atoms with Crippen LogP contribution in [0.2, 0.25) is 0 Å². The second-order valence-corrected chi connectivity index (χ2v) is 7.72. The van der Waals surface area contributed by atoms with Crippen LogP contribution in [-0.2, 0) is 11.8 Å². The van der Waals surface area contributed by atoms with Crippen molar-refractivity contribution in [3.8, 4) is 0 Å². The lowest BCUT2D eigenvalue weighted by molar-refractivity contribution is -0.118. The summed E-state index contributed by atoms with van der Waals surface area (Å²) in [6, 6.07) is 7.50. The van der Waals surface area contributed by atoms with Crippen molar-refractivity contribution < 1.29 is 9.59 Å². The number of amides is 2. The van der Waals surface area contributed by atoms with Crippen molar-refractivity contribution in [2.24, 2.45) is 7.05 Å². The van der Waals surface area contributed by atoms with E-state index in [2.05, 4.69) is 22.2 Å². The summed E-state index contributed by atoms with van der Waals surface area (Å²) >= 11 is 0. The van der Waals surface area contributed by atoms with E-state index < -0.39 is 0 Å². The number of para-hydroxylation sites is 2. The summed E-state index contributed by atoms with van der Waals surface area (Å²) in [5.41, 5.74) is 3.51. The number of fused-ring (bicyclic) bond motifs is 2. The second kappa shape index (κ2) is 7.41. The van der Waals surface area contributed by atoms with Crippen molar-refractivity contribution in [1.29, 1.82) is 0 Å². The van der Waals surface area contributed by atoms with Crippen LogP contribution in [0.4, 0.5) is 17.1 Å². The van der Waals surface area contributed by atoms with Crippen molar-refractivity contribution in [2.45, 2.75) is 13.3 Å². The van der Waals surface area contributed by atoms with E-state index in [-0.39, 0.29) is 11.8 Å². The number of anilines is 3. The third-order valence-corrected chi connectivity index (χ3v) is 5.66. The summed E-state index contributed by atoms with van der Waals surface area (Å²) in [5, 5.41) is 2.96. The average molecular weight is 381 g/mol. The van der Waals surface area contributed by atoms with Crippen LogP contribution >= 0.6 is 0 Å². The van der Waals surface area contributed by atoms with E-state index >= 15 is 0 Å². The van der Waals surface area contributed by atoms with Crippen LogP contribution in [0.25, 0.3) is 0 Å². The molecule has 2 aliphatic rings. The Morgan fingerprint density at radius 3 is 2.57 bits per heavy atom. The third-order valence-electron chi connectivity index (χ3n) is 5.66. The van der Waals surface area contributed by atoms with Gasteiger partial charge in [-0.15, -0.1) is 0 Å². The standard InChI is InChI=1S/C21H27N5O2/c1-15-14-24(3)20-19(15)26(17-7-5-4-6-16(17)22-21(20)28)18(27)8-9-25-12-10-23(2)11-13-25/h4-7,14H,8-13H2,1-3H3,(H,22,28). The molecular formula is C21H27N5O2. The molecule has 0 bridgehead atoms. The molecule has 2 amide bonds. The number of nitrogens with zero attached hydrogens (tertiary/aromatic N) is 4. The number of piperazine rings is 1. The Morgan fingerprint density at radius 2 is 1.82 bits per heavy atom. The molecular weight excluding hydrogens is 354 g/mol. The van der Waals surface area contributed by atoms with Gasteiger partial charge in [-0.25, -0.2) is 0 Å². The SMILES string of the molecule is Cc1cn(C)c2c1N(C(=O)CCN1CCN(C)CC1)c1ccccc1NC2=O. The van der Waals surface area contributed by atoms with Crippen molar-refractivity contribution >= 4 is 28.9 Å². The highest BCUT2D eigenvalue weighted by atomic mass is 16.2. The van der Waals surface area contributed by atoms with Gasteiger partial charge in [0.25, 0.3) is 5.91 Å². The second-order valence-electron chi connectivity index (χ2n) is 7.72. The van der Waals surface area contributed by atoms with E-state index in [9.17, 15) is 9.59 Å². The number of hydrogen-bond donors (Lipinski definition) is 1. The summed E-state index contributed by atoms with van der Waals surface area (Å²) in [4.78, 5) is 32.6. The van der Waals surface area contributed by atoms with Crippen LogP contribution in [0.5, 0.6) is 0 Å². The van der Waals surface area contributed by atoms with Gasteiger partial charge in [-0.2, -0.15) is 0 Å². The molecule has 4 rings (SSSR count). The Morgan fingerprint density at radius 1 is 1.11 bits per heavy atom. The number of carbonyl (C=O) groups is 2. The molecule has 0 aliphatic carbocycles. The normalized spacial score (nSPS) is 17.7. The number of carbonyl (C=O) groups excluding carboxylic acids is 2. The predicted molar refractivity (Wildman–Crippen MR) is 110 cm³/mol. The van der Waals surface area contributed by atoms with Crippen LogP contribution in [-0.4, -0.2) is 66.0 Å². The summed E-state index contributed by atoms with van der Waals surface area (Å²) < 4.78 is 1.80. The summed E-state index contributed by atoms with van der Waals surface area (Å²) in [7, 11) is 3.97. The molecule has 7 nitrogen and oxygen atoms in total. The highest BCUT2D eigenvalue weighted by Gasteiger charge is 2.33. The molecule has 0 unspecified atom stereocenters. The number of aromatic nitrogens is 1. The lowest BCUT2D eigenvalue weighted by Gasteiger charge is -2.32. The third kappa shape index (κ3) is 3.31. The molecule has 148 valence electrons. The quantitative estimate of drug-likeness (QED) is 0.886. The first kappa shape index (κ1) is 18.7. The molecule has 0 atom stereocenters. The van der Waals surface area contributed by atoms with E-state index in [0.29, 0.717) is 23.5 Å². The highest BCUT2D eigenvalue weighted by Crippen LogP contribution is 2.40. The molecule has 0 saturated carbocycles. The molecule has 1 aromatic heterocycles. The average Bonchev–Trinajstić information content (AvgIpc) is 2.88. The van der Waals surface area contributed by atoms with E-state index in [4.69, 9.17) is 0 Å². The minimum atomic E-state index is -0.188. The van der Waals surface area contributed by atoms with Gasteiger partial charge in [-0.1, -0.05) is 12.1 Å². The molecule has 1 N–H and O–H groups in total. The molecule has 2 aliphatic heterocycles. The summed E-state index contributed by atoms with van der Waals surface area (Å²) in [6.45, 7) is 6.70. The first-order valence-corrected chi connectivity index (χ1v) is 9.76. The van der Waals surface area contributed by atoms with Gasteiger partial charge in [0.1, 0.15) is 5.69 Å². The van der Waals surface area contributed by atoms with Crippen molar-refractivity contribution in [3.63, 3.8) is 0 Å². The number of likely N-dealkylation sites (N-methyl/N-ethyl adjacent to an activating group) is 1. The Kier molecular flexibility index (Phi) is 4.95. The largest absolute Gasteiger partial charge is 0.345 e. The Bertz CT molecular complexity index is 912. The van der Waals surface area contributed by atoms with E-state index in [1.54, 1.807) is 9.47 Å². The molecule has 0 radical (unpaired) electrons. The Hall–Kier alpha value is -2.64. The van der Waals surface area contributed by atoms with Gasteiger partial charge < -0.3 is 19.7 Å². The minimum Gasteiger partial charge on any atom is -0.345 e. The number of nitrogens with one attached hydrogen (secondary N) is 1. The van der Waals surface area contributed by atoms with Gasteiger partial charge in [0.05, 0.1) is 17.1 Å². The smallest absolute Gasteiger partial charge is 0.274 e. The van der Waals surface area contributed by atoms with E-state index in [1.165, 1.54) is 0 Å². The molecule has 1 aromatic carbocycles. The lowest BCUT2D eigenvalue weighted by Crippen LogP contribution is -2.45. The van der Waals surface area contributed by atoms with Gasteiger partial charge in [0, 0.05) is 52.4 Å². The fourth-order valence-corrected chi connectivity index (χ4v) is 4.09. The molecule has 1 fully saturated rings. The van der Waals surface area contributed by atoms with Crippen LogP contribution in [0, 0.1) is 6.92 Å². The van der Waals surface area contributed by atoms with Crippen LogP contribution in [0.15, 0.2) is 30.5 Å². The van der Waals surface area contributed by atoms with Gasteiger partial charge in [-0.3, -0.25) is 14.5 Å². The number of benzene rings is 1. The zero-order valence-corrected chi connectivity index (χ0v) is 16.7. The van der Waals surface area contributed by atoms with Crippen LogP contribution in [0.3, 0.4) is 0 Å². The topological polar surface area (TPSA) is 60.8 Å². The maximum atomic E-state index is 13.4. The van der Waals surface area contributed by atoms with Crippen LogP contribution in [0.1, 0.15) is 22.5 Å². The Balaban J connectivity index is 1.66. The first-order chi connectivity index (χ1) is 13.5. The number of hydrogen-bond acceptors (Lipinski definition) is 4. The van der Waals surface area contributed by atoms with Gasteiger partial charge in [0.2, 0.25) is 5.91 Å².